The number of hydrogen-bond donors (Lipinski definition) is 1. The third kappa shape index (κ3) is 5.57. The SMILES string of the molecule is Cc1ccc(S(=O)(=O)NCCCCN2CC(C)CC(C)C2)c(C)c1. The van der Waals surface area contributed by atoms with E-state index in [0.29, 0.717) is 11.4 Å². The van der Waals surface area contributed by atoms with Crippen molar-refractivity contribution in [1.82, 2.24) is 9.62 Å². The van der Waals surface area contributed by atoms with E-state index in [1.807, 2.05) is 26.0 Å². The number of piperidine rings is 1. The average molecular weight is 353 g/mol. The first kappa shape index (κ1) is 19.4. The number of likely N-dealkylation sites (tertiary alicyclic amines) is 1. The van der Waals surface area contributed by atoms with E-state index in [0.717, 1.165) is 42.3 Å². The maximum absolute atomic E-state index is 12.4. The molecule has 0 radical (unpaired) electrons. The highest BCUT2D eigenvalue weighted by molar-refractivity contribution is 7.89. The Bertz CT molecular complexity index is 633. The summed E-state index contributed by atoms with van der Waals surface area (Å²) in [5, 5.41) is 0. The molecule has 1 aliphatic heterocycles. The summed E-state index contributed by atoms with van der Waals surface area (Å²) < 4.78 is 27.5. The average Bonchev–Trinajstić information content (AvgIpc) is 2.45. The fourth-order valence-electron chi connectivity index (χ4n) is 3.82. The Hall–Kier alpha value is -0.910. The predicted molar refractivity (Wildman–Crippen MR) is 99.7 cm³/mol. The Balaban J connectivity index is 1.75. The van der Waals surface area contributed by atoms with E-state index in [2.05, 4.69) is 23.5 Å². The highest BCUT2D eigenvalue weighted by Crippen LogP contribution is 2.21. The van der Waals surface area contributed by atoms with E-state index in [9.17, 15) is 8.42 Å². The van der Waals surface area contributed by atoms with Gasteiger partial charge in [-0.15, -0.1) is 0 Å². The van der Waals surface area contributed by atoms with Gasteiger partial charge in [0.15, 0.2) is 0 Å². The summed E-state index contributed by atoms with van der Waals surface area (Å²) >= 11 is 0. The minimum absolute atomic E-state index is 0.395. The minimum atomic E-state index is -3.39. The Morgan fingerprint density at radius 1 is 1.12 bits per heavy atom. The zero-order valence-corrected chi connectivity index (χ0v) is 16.3. The highest BCUT2D eigenvalue weighted by Gasteiger charge is 2.21. The van der Waals surface area contributed by atoms with Gasteiger partial charge < -0.3 is 4.90 Å². The summed E-state index contributed by atoms with van der Waals surface area (Å²) in [6, 6.07) is 5.46. The Morgan fingerprint density at radius 2 is 1.79 bits per heavy atom. The lowest BCUT2D eigenvalue weighted by Gasteiger charge is -2.34. The van der Waals surface area contributed by atoms with Crippen molar-refractivity contribution >= 4 is 10.0 Å². The van der Waals surface area contributed by atoms with E-state index >= 15 is 0 Å². The Kier molecular flexibility index (Phi) is 6.84. The molecule has 0 amide bonds. The number of aryl methyl sites for hydroxylation is 2. The van der Waals surface area contributed by atoms with Crippen LogP contribution in [0.1, 0.15) is 44.2 Å². The lowest BCUT2D eigenvalue weighted by atomic mass is 9.92. The number of hydrogen-bond acceptors (Lipinski definition) is 3. The van der Waals surface area contributed by atoms with Crippen LogP contribution in [-0.4, -0.2) is 39.5 Å². The van der Waals surface area contributed by atoms with Crippen LogP contribution < -0.4 is 4.72 Å². The van der Waals surface area contributed by atoms with Crippen molar-refractivity contribution in [2.45, 2.75) is 51.9 Å². The van der Waals surface area contributed by atoms with Crippen LogP contribution in [0, 0.1) is 25.7 Å². The molecular weight excluding hydrogens is 320 g/mol. The quantitative estimate of drug-likeness (QED) is 0.766. The van der Waals surface area contributed by atoms with Crippen molar-refractivity contribution in [3.05, 3.63) is 29.3 Å². The molecule has 2 rings (SSSR count). The van der Waals surface area contributed by atoms with E-state index in [4.69, 9.17) is 0 Å². The summed E-state index contributed by atoms with van der Waals surface area (Å²) in [6.45, 7) is 12.4. The Labute approximate surface area is 147 Å². The van der Waals surface area contributed by atoms with Crippen LogP contribution in [0.4, 0.5) is 0 Å². The molecule has 24 heavy (non-hydrogen) atoms. The van der Waals surface area contributed by atoms with E-state index in [-0.39, 0.29) is 0 Å². The van der Waals surface area contributed by atoms with Crippen molar-refractivity contribution in [2.75, 3.05) is 26.2 Å². The normalized spacial score (nSPS) is 22.7. The molecule has 1 aromatic rings. The maximum Gasteiger partial charge on any atom is 0.240 e. The van der Waals surface area contributed by atoms with Crippen LogP contribution in [0.3, 0.4) is 0 Å². The van der Waals surface area contributed by atoms with Gasteiger partial charge in [0, 0.05) is 19.6 Å². The summed E-state index contributed by atoms with van der Waals surface area (Å²) in [5.41, 5.74) is 1.88. The van der Waals surface area contributed by atoms with E-state index in [1.165, 1.54) is 19.5 Å². The molecule has 5 heteroatoms. The number of nitrogens with one attached hydrogen (secondary N) is 1. The Morgan fingerprint density at radius 3 is 2.42 bits per heavy atom. The summed E-state index contributed by atoms with van der Waals surface area (Å²) in [5.74, 6) is 1.55. The molecule has 1 aromatic carbocycles. The molecule has 1 N–H and O–H groups in total. The van der Waals surface area contributed by atoms with E-state index in [1.54, 1.807) is 6.07 Å². The van der Waals surface area contributed by atoms with Crippen molar-refractivity contribution in [1.29, 1.82) is 0 Å². The van der Waals surface area contributed by atoms with Gasteiger partial charge in [-0.2, -0.15) is 0 Å². The fraction of sp³-hybridized carbons (Fsp3) is 0.684. The predicted octanol–water partition coefficient (Wildman–Crippen LogP) is 3.34. The third-order valence-corrected chi connectivity index (χ3v) is 6.38. The van der Waals surface area contributed by atoms with E-state index < -0.39 is 10.0 Å². The molecule has 1 fully saturated rings. The van der Waals surface area contributed by atoms with Crippen LogP contribution in [0.25, 0.3) is 0 Å². The monoisotopic (exact) mass is 352 g/mol. The second-order valence-corrected chi connectivity index (χ2v) is 9.31. The molecular formula is C19H32N2O2S. The van der Waals surface area contributed by atoms with Gasteiger partial charge in [-0.1, -0.05) is 31.5 Å². The lowest BCUT2D eigenvalue weighted by Crippen LogP contribution is -2.39. The molecule has 1 heterocycles. The van der Waals surface area contributed by atoms with Crippen LogP contribution in [0.2, 0.25) is 0 Å². The van der Waals surface area contributed by atoms with Gasteiger partial charge in [0.05, 0.1) is 4.90 Å². The topological polar surface area (TPSA) is 49.4 Å². The van der Waals surface area contributed by atoms with Crippen LogP contribution in [-0.2, 0) is 10.0 Å². The molecule has 1 saturated heterocycles. The largest absolute Gasteiger partial charge is 0.303 e. The third-order valence-electron chi connectivity index (χ3n) is 4.76. The molecule has 2 unspecified atom stereocenters. The zero-order chi connectivity index (χ0) is 17.7. The number of unbranched alkanes of at least 4 members (excludes halogenated alkanes) is 1. The highest BCUT2D eigenvalue weighted by atomic mass is 32.2. The minimum Gasteiger partial charge on any atom is -0.303 e. The van der Waals surface area contributed by atoms with Crippen molar-refractivity contribution in [3.8, 4) is 0 Å². The molecule has 0 spiro atoms. The van der Waals surface area contributed by atoms with Crippen LogP contribution >= 0.6 is 0 Å². The smallest absolute Gasteiger partial charge is 0.240 e. The van der Waals surface area contributed by atoms with Crippen molar-refractivity contribution in [3.63, 3.8) is 0 Å². The molecule has 136 valence electrons. The van der Waals surface area contributed by atoms with Gasteiger partial charge in [-0.05, 0) is 63.1 Å². The van der Waals surface area contributed by atoms with Gasteiger partial charge in [0.1, 0.15) is 0 Å². The first-order valence-electron chi connectivity index (χ1n) is 9.07. The number of rotatable bonds is 7. The molecule has 0 saturated carbocycles. The fourth-order valence-corrected chi connectivity index (χ4v) is 5.12. The number of benzene rings is 1. The van der Waals surface area contributed by atoms with Crippen LogP contribution in [0.15, 0.2) is 23.1 Å². The van der Waals surface area contributed by atoms with Crippen LogP contribution in [0.5, 0.6) is 0 Å². The van der Waals surface area contributed by atoms with Gasteiger partial charge in [-0.25, -0.2) is 13.1 Å². The van der Waals surface area contributed by atoms with Crippen molar-refractivity contribution in [2.24, 2.45) is 11.8 Å². The summed E-state index contributed by atoms with van der Waals surface area (Å²) in [7, 11) is -3.39. The second-order valence-electron chi connectivity index (χ2n) is 7.58. The van der Waals surface area contributed by atoms with Crippen molar-refractivity contribution < 1.29 is 8.42 Å². The zero-order valence-electron chi connectivity index (χ0n) is 15.5. The molecule has 0 bridgehead atoms. The molecule has 1 aliphatic rings. The first-order valence-corrected chi connectivity index (χ1v) is 10.6. The summed E-state index contributed by atoms with van der Waals surface area (Å²) in [4.78, 5) is 2.92. The number of nitrogens with zero attached hydrogens (tertiary/aromatic N) is 1. The first-order chi connectivity index (χ1) is 11.3. The van der Waals surface area contributed by atoms with Gasteiger partial charge in [0.2, 0.25) is 10.0 Å². The molecule has 0 aliphatic carbocycles. The van der Waals surface area contributed by atoms with Gasteiger partial charge >= 0.3 is 0 Å². The number of sulfonamides is 1. The second kappa shape index (κ2) is 8.45. The standard InChI is InChI=1S/C19H32N2O2S/c1-15-7-8-19(18(4)12-15)24(22,23)20-9-5-6-10-21-13-16(2)11-17(3)14-21/h7-8,12,16-17,20H,5-6,9-11,13-14H2,1-4H3. The lowest BCUT2D eigenvalue weighted by molar-refractivity contribution is 0.139. The maximum atomic E-state index is 12.4. The van der Waals surface area contributed by atoms with Gasteiger partial charge in [-0.3, -0.25) is 0 Å². The molecule has 4 nitrogen and oxygen atoms in total. The molecule has 2 atom stereocenters. The van der Waals surface area contributed by atoms with Gasteiger partial charge in [0.25, 0.3) is 0 Å². The molecule has 0 aromatic heterocycles. The summed E-state index contributed by atoms with van der Waals surface area (Å²) in [6.07, 6.45) is 3.24.